The first-order chi connectivity index (χ1) is 9.83. The first-order valence-corrected chi connectivity index (χ1v) is 6.85. The fourth-order valence-electron chi connectivity index (χ4n) is 2.31. The number of nitrogens with one attached hydrogen (secondary N) is 2. The molecule has 4 heteroatoms. The third-order valence-electron chi connectivity index (χ3n) is 3.47. The van der Waals surface area contributed by atoms with E-state index < -0.39 is 0 Å². The number of pyridine rings is 1. The van der Waals surface area contributed by atoms with Gasteiger partial charge in [0.25, 0.3) is 5.91 Å². The molecule has 1 aliphatic rings. The molecule has 0 spiro atoms. The van der Waals surface area contributed by atoms with Gasteiger partial charge in [-0.25, -0.2) is 4.98 Å². The number of nitrogens with zero attached hydrogens (tertiary/aromatic N) is 1. The molecular weight excluding hydrogens is 250 g/mol. The first-order valence-electron chi connectivity index (χ1n) is 6.85. The highest BCUT2D eigenvalue weighted by atomic mass is 16.1. The van der Waals surface area contributed by atoms with E-state index in [2.05, 4.69) is 21.7 Å². The van der Waals surface area contributed by atoms with Crippen LogP contribution in [0.2, 0.25) is 0 Å². The molecule has 3 rings (SSSR count). The maximum atomic E-state index is 12.1. The van der Waals surface area contributed by atoms with Crippen LogP contribution in [-0.2, 0) is 0 Å². The Morgan fingerprint density at radius 3 is 3.00 bits per heavy atom. The summed E-state index contributed by atoms with van der Waals surface area (Å²) in [5.41, 5.74) is 2.59. The quantitative estimate of drug-likeness (QED) is 0.835. The lowest BCUT2D eigenvalue weighted by Crippen LogP contribution is -2.30. The minimum atomic E-state index is -0.116. The van der Waals surface area contributed by atoms with Crippen molar-refractivity contribution in [1.82, 2.24) is 15.6 Å². The molecule has 1 aromatic carbocycles. The Labute approximate surface area is 117 Å². The van der Waals surface area contributed by atoms with Gasteiger partial charge in [0.15, 0.2) is 0 Å². The lowest BCUT2D eigenvalue weighted by molar-refractivity contribution is 0.0952. The highest BCUT2D eigenvalue weighted by molar-refractivity contribution is 5.94. The Morgan fingerprint density at radius 1 is 1.25 bits per heavy atom. The zero-order chi connectivity index (χ0) is 13.8. The van der Waals surface area contributed by atoms with Gasteiger partial charge in [-0.2, -0.15) is 0 Å². The number of para-hydroxylation sites is 1. The molecule has 4 nitrogen and oxygen atoms in total. The average Bonchev–Trinajstić information content (AvgIpc) is 2.53. The van der Waals surface area contributed by atoms with Gasteiger partial charge in [0.1, 0.15) is 5.69 Å². The number of fused-ring (bicyclic) bond motifs is 1. The second-order valence-electron chi connectivity index (χ2n) is 4.89. The lowest BCUT2D eigenvalue weighted by atomic mass is 10.1. The van der Waals surface area contributed by atoms with E-state index in [9.17, 15) is 4.79 Å². The molecule has 0 unspecified atom stereocenters. The molecule has 0 saturated carbocycles. The van der Waals surface area contributed by atoms with Gasteiger partial charge in [-0.15, -0.1) is 0 Å². The van der Waals surface area contributed by atoms with Crippen molar-refractivity contribution < 1.29 is 4.79 Å². The van der Waals surface area contributed by atoms with Crippen LogP contribution in [0, 0.1) is 0 Å². The van der Waals surface area contributed by atoms with Crippen molar-refractivity contribution in [2.75, 3.05) is 19.6 Å². The molecular formula is C16H17N3O. The number of amides is 1. The molecule has 2 aromatic rings. The van der Waals surface area contributed by atoms with Crippen molar-refractivity contribution in [1.29, 1.82) is 0 Å². The molecule has 1 amide bonds. The zero-order valence-electron chi connectivity index (χ0n) is 11.2. The van der Waals surface area contributed by atoms with Crippen molar-refractivity contribution in [2.24, 2.45) is 0 Å². The summed E-state index contributed by atoms with van der Waals surface area (Å²) < 4.78 is 0. The van der Waals surface area contributed by atoms with Crippen LogP contribution in [0.15, 0.2) is 48.0 Å². The SMILES string of the molecule is O=C(NCC1=CCNCC1)c1ccc2ccccc2n1. The second-order valence-corrected chi connectivity index (χ2v) is 4.89. The molecule has 20 heavy (non-hydrogen) atoms. The fourth-order valence-corrected chi connectivity index (χ4v) is 2.31. The number of hydrogen-bond donors (Lipinski definition) is 2. The molecule has 1 aliphatic heterocycles. The summed E-state index contributed by atoms with van der Waals surface area (Å²) in [7, 11) is 0. The van der Waals surface area contributed by atoms with Gasteiger partial charge in [-0.1, -0.05) is 35.9 Å². The van der Waals surface area contributed by atoms with Crippen molar-refractivity contribution in [3.05, 3.63) is 53.7 Å². The van der Waals surface area contributed by atoms with E-state index in [4.69, 9.17) is 0 Å². The van der Waals surface area contributed by atoms with Crippen LogP contribution in [0.5, 0.6) is 0 Å². The third kappa shape index (κ3) is 2.86. The smallest absolute Gasteiger partial charge is 0.270 e. The maximum Gasteiger partial charge on any atom is 0.270 e. The summed E-state index contributed by atoms with van der Waals surface area (Å²) in [6, 6.07) is 11.5. The number of benzene rings is 1. The van der Waals surface area contributed by atoms with Gasteiger partial charge in [0.05, 0.1) is 5.52 Å². The Kier molecular flexibility index (Phi) is 3.74. The number of rotatable bonds is 3. The maximum absolute atomic E-state index is 12.1. The van der Waals surface area contributed by atoms with Crippen molar-refractivity contribution in [3.8, 4) is 0 Å². The summed E-state index contributed by atoms with van der Waals surface area (Å²) in [5, 5.41) is 7.23. The summed E-state index contributed by atoms with van der Waals surface area (Å²) in [4.78, 5) is 16.5. The van der Waals surface area contributed by atoms with Crippen molar-refractivity contribution >= 4 is 16.8 Å². The van der Waals surface area contributed by atoms with E-state index in [1.54, 1.807) is 6.07 Å². The Bertz CT molecular complexity index is 664. The van der Waals surface area contributed by atoms with Gasteiger partial charge < -0.3 is 10.6 Å². The molecule has 1 aromatic heterocycles. The summed E-state index contributed by atoms with van der Waals surface area (Å²) >= 11 is 0. The van der Waals surface area contributed by atoms with E-state index in [0.717, 1.165) is 30.4 Å². The van der Waals surface area contributed by atoms with Gasteiger partial charge >= 0.3 is 0 Å². The van der Waals surface area contributed by atoms with E-state index in [-0.39, 0.29) is 5.91 Å². The molecule has 2 N–H and O–H groups in total. The van der Waals surface area contributed by atoms with E-state index in [1.807, 2.05) is 30.3 Å². The highest BCUT2D eigenvalue weighted by Gasteiger charge is 2.09. The molecule has 0 aliphatic carbocycles. The molecule has 0 bridgehead atoms. The fraction of sp³-hybridized carbons (Fsp3) is 0.250. The van der Waals surface area contributed by atoms with Crippen LogP contribution >= 0.6 is 0 Å². The summed E-state index contributed by atoms with van der Waals surface area (Å²) in [6.07, 6.45) is 3.13. The van der Waals surface area contributed by atoms with E-state index in [0.29, 0.717) is 12.2 Å². The summed E-state index contributed by atoms with van der Waals surface area (Å²) in [6.45, 7) is 2.48. The lowest BCUT2D eigenvalue weighted by Gasteiger charge is -2.14. The second kappa shape index (κ2) is 5.84. The molecule has 0 radical (unpaired) electrons. The van der Waals surface area contributed by atoms with Crippen LogP contribution in [0.1, 0.15) is 16.9 Å². The number of hydrogen-bond acceptors (Lipinski definition) is 3. The van der Waals surface area contributed by atoms with E-state index >= 15 is 0 Å². The van der Waals surface area contributed by atoms with Crippen LogP contribution < -0.4 is 10.6 Å². The largest absolute Gasteiger partial charge is 0.347 e. The van der Waals surface area contributed by atoms with E-state index in [1.165, 1.54) is 5.57 Å². The third-order valence-corrected chi connectivity index (χ3v) is 3.47. The first kappa shape index (κ1) is 12.8. The zero-order valence-corrected chi connectivity index (χ0v) is 11.2. The van der Waals surface area contributed by atoms with Gasteiger partial charge in [0.2, 0.25) is 0 Å². The minimum Gasteiger partial charge on any atom is -0.347 e. The van der Waals surface area contributed by atoms with Crippen molar-refractivity contribution in [2.45, 2.75) is 6.42 Å². The van der Waals surface area contributed by atoms with Crippen LogP contribution in [-0.4, -0.2) is 30.5 Å². The number of carbonyl (C=O) groups is 1. The monoisotopic (exact) mass is 267 g/mol. The molecule has 0 saturated heterocycles. The molecule has 2 heterocycles. The average molecular weight is 267 g/mol. The standard InChI is InChI=1S/C16H17N3O/c20-16(18-11-12-7-9-17-10-8-12)15-6-5-13-3-1-2-4-14(13)19-15/h1-7,17H,8-11H2,(H,18,20). The van der Waals surface area contributed by atoms with Crippen molar-refractivity contribution in [3.63, 3.8) is 0 Å². The summed E-state index contributed by atoms with van der Waals surface area (Å²) in [5.74, 6) is -0.116. The van der Waals surface area contributed by atoms with Gasteiger partial charge in [-0.3, -0.25) is 4.79 Å². The number of aromatic nitrogens is 1. The van der Waals surface area contributed by atoms with Crippen LogP contribution in [0.3, 0.4) is 0 Å². The normalized spacial score (nSPS) is 14.9. The molecule has 0 atom stereocenters. The minimum absolute atomic E-state index is 0.116. The highest BCUT2D eigenvalue weighted by Crippen LogP contribution is 2.11. The van der Waals surface area contributed by atoms with Gasteiger partial charge in [0, 0.05) is 18.5 Å². The predicted octanol–water partition coefficient (Wildman–Crippen LogP) is 1.88. The molecule has 0 fully saturated rings. The Balaban J connectivity index is 1.70. The van der Waals surface area contributed by atoms with Crippen LogP contribution in [0.4, 0.5) is 0 Å². The topological polar surface area (TPSA) is 54.0 Å². The molecule has 102 valence electrons. The van der Waals surface area contributed by atoms with Crippen LogP contribution in [0.25, 0.3) is 10.9 Å². The predicted molar refractivity (Wildman–Crippen MR) is 79.6 cm³/mol. The Hall–Kier alpha value is -2.20. The Morgan fingerprint density at radius 2 is 2.15 bits per heavy atom. The number of carbonyl (C=O) groups excluding carboxylic acids is 1. The van der Waals surface area contributed by atoms with Gasteiger partial charge in [-0.05, 0) is 25.1 Å².